The van der Waals surface area contributed by atoms with E-state index in [9.17, 15) is 4.79 Å². The largest absolute Gasteiger partial charge is 0.371 e. The van der Waals surface area contributed by atoms with E-state index in [-0.39, 0.29) is 11.6 Å². The molecule has 0 unspecified atom stereocenters. The molecule has 0 N–H and O–H groups in total. The van der Waals surface area contributed by atoms with Crippen LogP contribution in [0.25, 0.3) is 0 Å². The van der Waals surface area contributed by atoms with Crippen molar-refractivity contribution >= 4 is 6.03 Å². The van der Waals surface area contributed by atoms with Crippen molar-refractivity contribution in [2.45, 2.75) is 43.7 Å². The fourth-order valence-corrected chi connectivity index (χ4v) is 4.27. The number of carbonyl (C=O) groups excluding carboxylic acids is 1. The van der Waals surface area contributed by atoms with E-state index in [2.05, 4.69) is 35.2 Å². The van der Waals surface area contributed by atoms with Crippen molar-refractivity contribution in [1.82, 2.24) is 14.7 Å². The number of carbonyl (C=O) groups is 1. The zero-order valence-corrected chi connectivity index (χ0v) is 15.9. The smallest absolute Gasteiger partial charge is 0.320 e. The summed E-state index contributed by atoms with van der Waals surface area (Å²) in [4.78, 5) is 19.2. The molecule has 2 aliphatic heterocycles. The molecule has 3 aliphatic rings. The second kappa shape index (κ2) is 7.57. The number of benzene rings is 1. The highest BCUT2D eigenvalue weighted by atomic mass is 16.5. The van der Waals surface area contributed by atoms with Crippen LogP contribution in [0.4, 0.5) is 4.79 Å². The lowest BCUT2D eigenvalue weighted by atomic mass is 9.89. The summed E-state index contributed by atoms with van der Waals surface area (Å²) in [6.45, 7) is 5.40. The van der Waals surface area contributed by atoms with Crippen molar-refractivity contribution < 1.29 is 9.53 Å². The minimum atomic E-state index is -0.123. The molecule has 1 aromatic rings. The van der Waals surface area contributed by atoms with Gasteiger partial charge in [-0.05, 0) is 37.7 Å². The third-order valence-corrected chi connectivity index (χ3v) is 6.24. The van der Waals surface area contributed by atoms with Crippen molar-refractivity contribution in [3.05, 3.63) is 35.9 Å². The Balaban J connectivity index is 1.27. The molecular formula is C21H31N3O2. The summed E-state index contributed by atoms with van der Waals surface area (Å²) in [5, 5.41) is 0. The van der Waals surface area contributed by atoms with Gasteiger partial charge in [-0.2, -0.15) is 0 Å². The molecule has 0 radical (unpaired) electrons. The zero-order chi connectivity index (χ0) is 18.0. The van der Waals surface area contributed by atoms with Gasteiger partial charge in [0.2, 0.25) is 0 Å². The fraction of sp³-hybridized carbons (Fsp3) is 0.667. The molecule has 3 fully saturated rings. The summed E-state index contributed by atoms with van der Waals surface area (Å²) in [7, 11) is 1.95. The predicted octanol–water partition coefficient (Wildman–Crippen LogP) is 2.61. The third kappa shape index (κ3) is 4.04. The molecule has 26 heavy (non-hydrogen) atoms. The first-order valence-electron chi connectivity index (χ1n) is 10.1. The molecule has 1 spiro atoms. The average molecular weight is 357 g/mol. The Hall–Kier alpha value is -1.59. The molecule has 142 valence electrons. The van der Waals surface area contributed by atoms with Gasteiger partial charge in [-0.1, -0.05) is 30.3 Å². The molecule has 4 rings (SSSR count). The summed E-state index contributed by atoms with van der Waals surface area (Å²) in [5.74, 6) is 0. The summed E-state index contributed by atoms with van der Waals surface area (Å²) >= 11 is 0. The van der Waals surface area contributed by atoms with Gasteiger partial charge in [0.1, 0.15) is 0 Å². The molecule has 1 saturated carbocycles. The lowest BCUT2D eigenvalue weighted by Crippen LogP contribution is -2.59. The highest BCUT2D eigenvalue weighted by molar-refractivity contribution is 5.75. The molecule has 0 bridgehead atoms. The van der Waals surface area contributed by atoms with Crippen molar-refractivity contribution in [2.24, 2.45) is 0 Å². The van der Waals surface area contributed by atoms with Crippen LogP contribution in [0.5, 0.6) is 0 Å². The van der Waals surface area contributed by atoms with E-state index in [0.717, 1.165) is 64.8 Å². The first-order chi connectivity index (χ1) is 12.7. The van der Waals surface area contributed by atoms with Gasteiger partial charge in [0.05, 0.1) is 18.8 Å². The van der Waals surface area contributed by atoms with E-state index < -0.39 is 0 Å². The number of piperidine rings is 1. The van der Waals surface area contributed by atoms with Gasteiger partial charge in [-0.15, -0.1) is 0 Å². The van der Waals surface area contributed by atoms with E-state index >= 15 is 0 Å². The summed E-state index contributed by atoms with van der Waals surface area (Å²) in [6.07, 6.45) is 5.48. The van der Waals surface area contributed by atoms with Crippen LogP contribution >= 0.6 is 0 Å². The van der Waals surface area contributed by atoms with Crippen molar-refractivity contribution in [3.63, 3.8) is 0 Å². The quantitative estimate of drug-likeness (QED) is 0.831. The maximum atomic E-state index is 12.7. The molecule has 5 nitrogen and oxygen atoms in total. The summed E-state index contributed by atoms with van der Waals surface area (Å²) < 4.78 is 6.21. The first-order valence-corrected chi connectivity index (χ1v) is 10.1. The van der Waals surface area contributed by atoms with Crippen LogP contribution in [-0.2, 0) is 11.2 Å². The standard InChI is InChI=1S/C21H31N3O2/c1-22(19-7-8-19)20(25)24-15-16-26-21(17-24)10-13-23(14-11-21)12-9-18-5-3-2-4-6-18/h2-6,19H,7-17H2,1H3. The molecule has 1 aliphatic carbocycles. The Labute approximate surface area is 156 Å². The van der Waals surface area contributed by atoms with E-state index in [1.807, 2.05) is 16.8 Å². The Morgan fingerprint density at radius 1 is 1.19 bits per heavy atom. The van der Waals surface area contributed by atoms with Crippen LogP contribution in [0.15, 0.2) is 30.3 Å². The monoisotopic (exact) mass is 357 g/mol. The molecule has 2 heterocycles. The molecule has 2 amide bonds. The average Bonchev–Trinajstić information content (AvgIpc) is 3.53. The topological polar surface area (TPSA) is 36.0 Å². The Bertz CT molecular complexity index is 609. The molecule has 5 heteroatoms. The van der Waals surface area contributed by atoms with Crippen molar-refractivity contribution in [1.29, 1.82) is 0 Å². The van der Waals surface area contributed by atoms with Crippen molar-refractivity contribution in [3.8, 4) is 0 Å². The van der Waals surface area contributed by atoms with E-state index in [0.29, 0.717) is 12.6 Å². The normalized spacial score (nSPS) is 23.2. The Morgan fingerprint density at radius 3 is 2.62 bits per heavy atom. The maximum absolute atomic E-state index is 12.7. The van der Waals surface area contributed by atoms with Crippen LogP contribution in [0, 0.1) is 0 Å². The third-order valence-electron chi connectivity index (χ3n) is 6.24. The Kier molecular flexibility index (Phi) is 5.18. The van der Waals surface area contributed by atoms with Gasteiger partial charge >= 0.3 is 6.03 Å². The Morgan fingerprint density at radius 2 is 1.92 bits per heavy atom. The first kappa shape index (κ1) is 17.8. The summed E-state index contributed by atoms with van der Waals surface area (Å²) in [6, 6.07) is 11.4. The van der Waals surface area contributed by atoms with E-state index in [1.54, 1.807) is 0 Å². The summed E-state index contributed by atoms with van der Waals surface area (Å²) in [5.41, 5.74) is 1.28. The molecule has 0 aromatic heterocycles. The number of urea groups is 1. The molecular weight excluding hydrogens is 326 g/mol. The SMILES string of the molecule is CN(C(=O)N1CCOC2(CCN(CCc3ccccc3)CC2)C1)C1CC1. The number of nitrogens with zero attached hydrogens (tertiary/aromatic N) is 3. The highest BCUT2D eigenvalue weighted by Crippen LogP contribution is 2.32. The molecule has 0 atom stereocenters. The predicted molar refractivity (Wildman–Crippen MR) is 102 cm³/mol. The second-order valence-corrected chi connectivity index (χ2v) is 8.15. The lowest BCUT2D eigenvalue weighted by Gasteiger charge is -2.47. The van der Waals surface area contributed by atoms with Gasteiger partial charge in [0.25, 0.3) is 0 Å². The van der Waals surface area contributed by atoms with Crippen LogP contribution in [0.2, 0.25) is 0 Å². The maximum Gasteiger partial charge on any atom is 0.320 e. The number of rotatable bonds is 4. The van der Waals surface area contributed by atoms with Crippen LogP contribution < -0.4 is 0 Å². The number of hydrogen-bond donors (Lipinski definition) is 0. The van der Waals surface area contributed by atoms with Crippen LogP contribution in [-0.4, -0.2) is 78.8 Å². The van der Waals surface area contributed by atoms with Gasteiger partial charge < -0.3 is 19.4 Å². The van der Waals surface area contributed by atoms with Crippen LogP contribution in [0.1, 0.15) is 31.2 Å². The molecule has 1 aromatic carbocycles. The highest BCUT2D eigenvalue weighted by Gasteiger charge is 2.42. The van der Waals surface area contributed by atoms with Crippen LogP contribution in [0.3, 0.4) is 0 Å². The van der Waals surface area contributed by atoms with E-state index in [4.69, 9.17) is 4.74 Å². The van der Waals surface area contributed by atoms with Gasteiger partial charge in [0.15, 0.2) is 0 Å². The fourth-order valence-electron chi connectivity index (χ4n) is 4.27. The molecule has 2 saturated heterocycles. The number of ether oxygens (including phenoxy) is 1. The minimum Gasteiger partial charge on any atom is -0.371 e. The number of morpholine rings is 1. The van der Waals surface area contributed by atoms with Gasteiger partial charge in [0, 0.05) is 39.3 Å². The van der Waals surface area contributed by atoms with E-state index in [1.165, 1.54) is 5.56 Å². The zero-order valence-electron chi connectivity index (χ0n) is 15.9. The lowest BCUT2D eigenvalue weighted by molar-refractivity contribution is -0.127. The van der Waals surface area contributed by atoms with Gasteiger partial charge in [-0.25, -0.2) is 4.79 Å². The van der Waals surface area contributed by atoms with Crippen molar-refractivity contribution in [2.75, 3.05) is 46.4 Å². The number of hydrogen-bond acceptors (Lipinski definition) is 3. The number of likely N-dealkylation sites (tertiary alicyclic amines) is 1. The number of amides is 2. The van der Waals surface area contributed by atoms with Gasteiger partial charge in [-0.3, -0.25) is 0 Å². The minimum absolute atomic E-state index is 0.123. The second-order valence-electron chi connectivity index (χ2n) is 8.15.